The number of hydrogen-bond donors (Lipinski definition) is 2. The molecule has 1 rings (SSSR count). The largest absolute Gasteiger partial charge is 0.418 e. The first-order valence-corrected chi connectivity index (χ1v) is 7.99. The van der Waals surface area contributed by atoms with Crippen LogP contribution in [0.25, 0.3) is 0 Å². The second-order valence-corrected chi connectivity index (χ2v) is 8.15. The van der Waals surface area contributed by atoms with E-state index in [1.165, 1.54) is 6.07 Å². The van der Waals surface area contributed by atoms with Crippen molar-refractivity contribution < 1.29 is 22.8 Å². The molecule has 0 atom stereocenters. The van der Waals surface area contributed by atoms with Gasteiger partial charge in [-0.25, -0.2) is 0 Å². The van der Waals surface area contributed by atoms with E-state index in [9.17, 15) is 22.8 Å². The summed E-state index contributed by atoms with van der Waals surface area (Å²) in [5.41, 5.74) is -2.44. The first kappa shape index (κ1) is 21.3. The van der Waals surface area contributed by atoms with E-state index < -0.39 is 34.8 Å². The third kappa shape index (κ3) is 6.94. The Balaban J connectivity index is 2.91. The topological polar surface area (TPSA) is 58.2 Å². The number of rotatable bonds is 3. The molecule has 2 N–H and O–H groups in total. The van der Waals surface area contributed by atoms with E-state index in [-0.39, 0.29) is 10.4 Å². The summed E-state index contributed by atoms with van der Waals surface area (Å²) in [6.07, 6.45) is -4.14. The molecule has 4 nitrogen and oxygen atoms in total. The Kier molecular flexibility index (Phi) is 6.16. The molecule has 0 saturated carbocycles. The molecule has 0 aliphatic heterocycles. The van der Waals surface area contributed by atoms with E-state index in [4.69, 9.17) is 11.6 Å². The zero-order chi connectivity index (χ0) is 19.6. The van der Waals surface area contributed by atoms with Crippen LogP contribution in [0.5, 0.6) is 0 Å². The predicted octanol–water partition coefficient (Wildman–Crippen LogP) is 4.63. The molecular formula is C17H22ClF3N2O2. The molecule has 1 aromatic carbocycles. The summed E-state index contributed by atoms with van der Waals surface area (Å²) in [5, 5.41) is 4.42. The third-order valence-electron chi connectivity index (χ3n) is 3.17. The highest BCUT2D eigenvalue weighted by Gasteiger charge is 2.35. The molecule has 0 bridgehead atoms. The fourth-order valence-electron chi connectivity index (χ4n) is 2.77. The minimum Gasteiger partial charge on any atom is -0.343 e. The van der Waals surface area contributed by atoms with Crippen molar-refractivity contribution in [2.24, 2.45) is 5.41 Å². The summed E-state index contributed by atoms with van der Waals surface area (Å²) >= 11 is 5.58. The number of alkyl halides is 3. The lowest BCUT2D eigenvalue weighted by molar-refractivity contribution is -0.138. The van der Waals surface area contributed by atoms with Gasteiger partial charge in [0.2, 0.25) is 0 Å². The Bertz CT molecular complexity index is 665. The molecule has 0 radical (unpaired) electrons. The maximum atomic E-state index is 13.0. The number of carbonyl (C=O) groups excluding carboxylic acids is 2. The van der Waals surface area contributed by atoms with Crippen LogP contribution in [0.4, 0.5) is 18.9 Å². The van der Waals surface area contributed by atoms with Crippen LogP contribution in [-0.4, -0.2) is 17.4 Å². The van der Waals surface area contributed by atoms with Crippen LogP contribution >= 0.6 is 11.6 Å². The van der Waals surface area contributed by atoms with Gasteiger partial charge in [0.05, 0.1) is 11.3 Å². The molecule has 0 aliphatic rings. The van der Waals surface area contributed by atoms with E-state index in [1.807, 2.05) is 26.1 Å². The third-order valence-corrected chi connectivity index (χ3v) is 3.40. The Hall–Kier alpha value is -1.76. The standard InChI is InChI=1S/C17H22ClF3N2O2/c1-15(2,3)9-16(4,5)23-14(25)13(24)22-12-7-6-10(18)8-11(12)17(19,20)21/h6-8H,9H2,1-5H3,(H,22,24)(H,23,25). The van der Waals surface area contributed by atoms with Gasteiger partial charge in [0.1, 0.15) is 0 Å². The highest BCUT2D eigenvalue weighted by atomic mass is 35.5. The van der Waals surface area contributed by atoms with Gasteiger partial charge >= 0.3 is 18.0 Å². The monoisotopic (exact) mass is 378 g/mol. The summed E-state index contributed by atoms with van der Waals surface area (Å²) in [6.45, 7) is 9.42. The lowest BCUT2D eigenvalue weighted by atomic mass is 9.82. The quantitative estimate of drug-likeness (QED) is 0.753. The first-order valence-electron chi connectivity index (χ1n) is 7.61. The average molecular weight is 379 g/mol. The van der Waals surface area contributed by atoms with Gasteiger partial charge in [0.15, 0.2) is 0 Å². The summed E-state index contributed by atoms with van der Waals surface area (Å²) < 4.78 is 39.1. The summed E-state index contributed by atoms with van der Waals surface area (Å²) in [5.74, 6) is -2.17. The molecule has 1 aromatic rings. The average Bonchev–Trinajstić information content (AvgIpc) is 2.35. The highest BCUT2D eigenvalue weighted by molar-refractivity contribution is 6.40. The highest BCUT2D eigenvalue weighted by Crippen LogP contribution is 2.36. The van der Waals surface area contributed by atoms with E-state index >= 15 is 0 Å². The Morgan fingerprint density at radius 1 is 1.04 bits per heavy atom. The maximum absolute atomic E-state index is 13.0. The van der Waals surface area contributed by atoms with Crippen LogP contribution in [0.1, 0.15) is 46.6 Å². The molecule has 0 saturated heterocycles. The molecule has 0 heterocycles. The van der Waals surface area contributed by atoms with Crippen LogP contribution in [-0.2, 0) is 15.8 Å². The van der Waals surface area contributed by atoms with Gasteiger partial charge in [0, 0.05) is 10.6 Å². The van der Waals surface area contributed by atoms with Crippen LogP contribution in [0.15, 0.2) is 18.2 Å². The van der Waals surface area contributed by atoms with E-state index in [0.717, 1.165) is 6.07 Å². The second kappa shape index (κ2) is 7.23. The van der Waals surface area contributed by atoms with Crippen molar-refractivity contribution in [3.63, 3.8) is 0 Å². The molecule has 0 aromatic heterocycles. The van der Waals surface area contributed by atoms with Crippen molar-refractivity contribution in [2.45, 2.75) is 52.8 Å². The van der Waals surface area contributed by atoms with Crippen LogP contribution in [0.3, 0.4) is 0 Å². The van der Waals surface area contributed by atoms with E-state index in [1.54, 1.807) is 13.8 Å². The maximum Gasteiger partial charge on any atom is 0.418 e. The Morgan fingerprint density at radius 3 is 2.08 bits per heavy atom. The number of benzene rings is 1. The summed E-state index contributed by atoms with van der Waals surface area (Å²) in [6, 6.07) is 2.91. The van der Waals surface area contributed by atoms with Crippen molar-refractivity contribution in [1.82, 2.24) is 5.32 Å². The van der Waals surface area contributed by atoms with Crippen LogP contribution in [0, 0.1) is 5.41 Å². The van der Waals surface area contributed by atoms with Gasteiger partial charge in [-0.2, -0.15) is 13.2 Å². The normalized spacial score (nSPS) is 12.7. The molecule has 2 amide bonds. The number of halogens is 4. The van der Waals surface area contributed by atoms with Crippen molar-refractivity contribution >= 4 is 29.1 Å². The number of anilines is 1. The van der Waals surface area contributed by atoms with Crippen molar-refractivity contribution in [3.8, 4) is 0 Å². The molecular weight excluding hydrogens is 357 g/mol. The van der Waals surface area contributed by atoms with Gasteiger partial charge < -0.3 is 10.6 Å². The number of carbonyl (C=O) groups is 2. The Labute approximate surface area is 150 Å². The molecule has 140 valence electrons. The molecule has 0 unspecified atom stereocenters. The van der Waals surface area contributed by atoms with Gasteiger partial charge in [-0.05, 0) is 43.9 Å². The molecule has 0 aliphatic carbocycles. The summed E-state index contributed by atoms with van der Waals surface area (Å²) in [4.78, 5) is 24.0. The lowest BCUT2D eigenvalue weighted by Crippen LogP contribution is -2.49. The summed E-state index contributed by atoms with van der Waals surface area (Å²) in [7, 11) is 0. The van der Waals surface area contributed by atoms with Crippen molar-refractivity contribution in [2.75, 3.05) is 5.32 Å². The fraction of sp³-hybridized carbons (Fsp3) is 0.529. The van der Waals surface area contributed by atoms with Gasteiger partial charge in [-0.15, -0.1) is 0 Å². The number of nitrogens with one attached hydrogen (secondary N) is 2. The number of hydrogen-bond acceptors (Lipinski definition) is 2. The minimum atomic E-state index is -4.71. The molecule has 8 heteroatoms. The lowest BCUT2D eigenvalue weighted by Gasteiger charge is -2.33. The van der Waals surface area contributed by atoms with Crippen molar-refractivity contribution in [1.29, 1.82) is 0 Å². The smallest absolute Gasteiger partial charge is 0.343 e. The SMILES string of the molecule is CC(C)(C)CC(C)(C)NC(=O)C(=O)Nc1ccc(Cl)cc1C(F)(F)F. The van der Waals surface area contributed by atoms with Crippen LogP contribution in [0.2, 0.25) is 5.02 Å². The molecule has 0 fully saturated rings. The van der Waals surface area contributed by atoms with Gasteiger partial charge in [0.25, 0.3) is 0 Å². The molecule has 0 spiro atoms. The minimum absolute atomic E-state index is 0.104. The number of amides is 2. The van der Waals surface area contributed by atoms with E-state index in [2.05, 4.69) is 5.32 Å². The van der Waals surface area contributed by atoms with Crippen LogP contribution < -0.4 is 10.6 Å². The van der Waals surface area contributed by atoms with E-state index in [0.29, 0.717) is 12.5 Å². The fourth-order valence-corrected chi connectivity index (χ4v) is 2.95. The molecule has 25 heavy (non-hydrogen) atoms. The predicted molar refractivity (Wildman–Crippen MR) is 91.4 cm³/mol. The van der Waals surface area contributed by atoms with Crippen molar-refractivity contribution in [3.05, 3.63) is 28.8 Å². The van der Waals surface area contributed by atoms with Gasteiger partial charge in [-0.1, -0.05) is 32.4 Å². The second-order valence-electron chi connectivity index (χ2n) is 7.72. The first-order chi connectivity index (χ1) is 11.1. The Morgan fingerprint density at radius 2 is 1.60 bits per heavy atom. The zero-order valence-corrected chi connectivity index (χ0v) is 15.5. The zero-order valence-electron chi connectivity index (χ0n) is 14.8. The van der Waals surface area contributed by atoms with Gasteiger partial charge in [-0.3, -0.25) is 9.59 Å².